The third-order valence-corrected chi connectivity index (χ3v) is 2.72. The lowest BCUT2D eigenvalue weighted by Gasteiger charge is -2.35. The summed E-state index contributed by atoms with van der Waals surface area (Å²) in [5.74, 6) is 1.22. The third-order valence-electron chi connectivity index (χ3n) is 2.72. The van der Waals surface area contributed by atoms with Crippen molar-refractivity contribution in [3.05, 3.63) is 12.4 Å². The number of ether oxygens (including phenoxy) is 1. The number of hydrogen-bond donors (Lipinski definition) is 2. The molecule has 1 aliphatic heterocycles. The fraction of sp³-hybridized carbons (Fsp3) is 0.636. The Bertz CT molecular complexity index is 350. The number of nitrogens with zero attached hydrogens (tertiary/aromatic N) is 2. The molecule has 1 aromatic rings. The lowest BCUT2D eigenvalue weighted by Crippen LogP contribution is -2.40. The fourth-order valence-corrected chi connectivity index (χ4v) is 1.98. The van der Waals surface area contributed by atoms with Gasteiger partial charge in [0.2, 0.25) is 0 Å². The third kappa shape index (κ3) is 2.82. The van der Waals surface area contributed by atoms with E-state index < -0.39 is 0 Å². The van der Waals surface area contributed by atoms with Gasteiger partial charge in [0, 0.05) is 12.6 Å². The monoisotopic (exact) mass is 222 g/mol. The molecule has 0 aliphatic carbocycles. The number of aromatic nitrogens is 2. The number of hydrogen-bond acceptors (Lipinski definition) is 5. The molecule has 16 heavy (non-hydrogen) atoms. The molecule has 5 heteroatoms. The topological polar surface area (TPSA) is 73.1 Å². The van der Waals surface area contributed by atoms with Crippen molar-refractivity contribution in [2.24, 2.45) is 0 Å². The van der Waals surface area contributed by atoms with Crippen LogP contribution in [-0.2, 0) is 4.74 Å². The summed E-state index contributed by atoms with van der Waals surface area (Å²) in [5.41, 5.74) is 5.42. The highest BCUT2D eigenvalue weighted by molar-refractivity contribution is 5.37. The fourth-order valence-electron chi connectivity index (χ4n) is 1.98. The van der Waals surface area contributed by atoms with Crippen LogP contribution in [0.3, 0.4) is 0 Å². The Kier molecular flexibility index (Phi) is 2.96. The Balaban J connectivity index is 1.97. The van der Waals surface area contributed by atoms with Crippen molar-refractivity contribution in [3.8, 4) is 0 Å². The molecule has 1 aliphatic rings. The van der Waals surface area contributed by atoms with Gasteiger partial charge in [0.05, 0.1) is 18.0 Å². The summed E-state index contributed by atoms with van der Waals surface area (Å²) in [6.07, 6.45) is 5.19. The largest absolute Gasteiger partial charge is 0.382 e. The van der Waals surface area contributed by atoms with Crippen molar-refractivity contribution in [3.63, 3.8) is 0 Å². The minimum Gasteiger partial charge on any atom is -0.382 e. The molecule has 1 atom stereocenters. The minimum atomic E-state index is -0.0584. The van der Waals surface area contributed by atoms with E-state index in [-0.39, 0.29) is 5.60 Å². The van der Waals surface area contributed by atoms with Crippen LogP contribution in [0.4, 0.5) is 11.6 Å². The van der Waals surface area contributed by atoms with Crippen LogP contribution in [0.25, 0.3) is 0 Å². The quantitative estimate of drug-likeness (QED) is 0.792. The van der Waals surface area contributed by atoms with Gasteiger partial charge in [-0.2, -0.15) is 0 Å². The van der Waals surface area contributed by atoms with Gasteiger partial charge in [-0.1, -0.05) is 0 Å². The van der Waals surface area contributed by atoms with Crippen LogP contribution < -0.4 is 11.1 Å². The molecule has 0 spiro atoms. The van der Waals surface area contributed by atoms with Crippen molar-refractivity contribution in [1.29, 1.82) is 0 Å². The first kappa shape index (κ1) is 11.1. The maximum absolute atomic E-state index is 5.66. The molecule has 2 heterocycles. The number of anilines is 2. The number of nitrogen functional groups attached to an aromatic ring is 1. The van der Waals surface area contributed by atoms with Gasteiger partial charge in [-0.25, -0.2) is 9.97 Å². The molecule has 3 N–H and O–H groups in total. The molecule has 2 rings (SSSR count). The van der Waals surface area contributed by atoms with Gasteiger partial charge < -0.3 is 15.8 Å². The second kappa shape index (κ2) is 4.25. The number of nitrogens with two attached hydrogens (primary N) is 1. The molecule has 1 saturated heterocycles. The Morgan fingerprint density at radius 3 is 2.88 bits per heavy atom. The minimum absolute atomic E-state index is 0.0584. The van der Waals surface area contributed by atoms with Gasteiger partial charge in [-0.15, -0.1) is 0 Å². The maximum Gasteiger partial charge on any atom is 0.144 e. The van der Waals surface area contributed by atoms with Crippen LogP contribution in [0.15, 0.2) is 12.4 Å². The zero-order valence-electron chi connectivity index (χ0n) is 9.73. The summed E-state index contributed by atoms with van der Waals surface area (Å²) in [7, 11) is 0. The zero-order valence-corrected chi connectivity index (χ0v) is 9.73. The van der Waals surface area contributed by atoms with Crippen LogP contribution in [-0.4, -0.2) is 28.2 Å². The molecule has 1 aromatic heterocycles. The van der Waals surface area contributed by atoms with Crippen molar-refractivity contribution in [2.75, 3.05) is 17.7 Å². The van der Waals surface area contributed by atoms with E-state index >= 15 is 0 Å². The first-order valence-electron chi connectivity index (χ1n) is 5.53. The molecule has 1 unspecified atom stereocenters. The lowest BCUT2D eigenvalue weighted by atomic mass is 9.94. The van der Waals surface area contributed by atoms with Crippen LogP contribution in [0.2, 0.25) is 0 Å². The van der Waals surface area contributed by atoms with Crippen molar-refractivity contribution in [1.82, 2.24) is 9.97 Å². The molecular formula is C11H18N4O. The molecule has 0 radical (unpaired) electrons. The second-order valence-electron chi connectivity index (χ2n) is 4.77. The molecule has 1 fully saturated rings. The van der Waals surface area contributed by atoms with E-state index in [1.54, 1.807) is 12.4 Å². The zero-order chi connectivity index (χ0) is 11.6. The lowest BCUT2D eigenvalue weighted by molar-refractivity contribution is -0.0553. The molecule has 88 valence electrons. The van der Waals surface area contributed by atoms with Crippen LogP contribution in [0.5, 0.6) is 0 Å². The predicted octanol–water partition coefficient (Wildman–Crippen LogP) is 1.43. The molecule has 5 nitrogen and oxygen atoms in total. The average molecular weight is 222 g/mol. The Labute approximate surface area is 95.4 Å². The van der Waals surface area contributed by atoms with Gasteiger partial charge in [0.15, 0.2) is 0 Å². The van der Waals surface area contributed by atoms with Crippen LogP contribution >= 0.6 is 0 Å². The van der Waals surface area contributed by atoms with E-state index in [4.69, 9.17) is 10.5 Å². The van der Waals surface area contributed by atoms with Crippen LogP contribution in [0.1, 0.15) is 26.7 Å². The molecule has 0 aromatic carbocycles. The van der Waals surface area contributed by atoms with Gasteiger partial charge >= 0.3 is 0 Å². The summed E-state index contributed by atoms with van der Waals surface area (Å²) in [6.45, 7) is 5.00. The van der Waals surface area contributed by atoms with E-state index in [0.29, 0.717) is 11.9 Å². The number of nitrogens with one attached hydrogen (secondary N) is 1. The van der Waals surface area contributed by atoms with Crippen molar-refractivity contribution < 1.29 is 4.74 Å². The standard InChI is InChI=1S/C11H18N4O/c1-11(2)5-8(3-4-16-11)15-10-7-13-9(12)6-14-10/h6-8H,3-5H2,1-2H3,(H2,12,13)(H,14,15). The van der Waals surface area contributed by atoms with E-state index in [0.717, 1.165) is 25.3 Å². The molecule has 0 bridgehead atoms. The summed E-state index contributed by atoms with van der Waals surface area (Å²) in [6, 6.07) is 0.390. The van der Waals surface area contributed by atoms with Crippen molar-refractivity contribution in [2.45, 2.75) is 38.3 Å². The highest BCUT2D eigenvalue weighted by atomic mass is 16.5. The second-order valence-corrected chi connectivity index (χ2v) is 4.77. The van der Waals surface area contributed by atoms with Gasteiger partial charge in [-0.05, 0) is 26.7 Å². The highest BCUT2D eigenvalue weighted by Crippen LogP contribution is 2.25. The van der Waals surface area contributed by atoms with E-state index in [1.165, 1.54) is 0 Å². The SMILES string of the molecule is CC1(C)CC(Nc2cnc(N)cn2)CCO1. The molecule has 0 saturated carbocycles. The summed E-state index contributed by atoms with van der Waals surface area (Å²) >= 11 is 0. The molecule has 0 amide bonds. The van der Waals surface area contributed by atoms with E-state index in [1.807, 2.05) is 0 Å². The van der Waals surface area contributed by atoms with Crippen LogP contribution in [0, 0.1) is 0 Å². The first-order valence-corrected chi connectivity index (χ1v) is 5.53. The Morgan fingerprint density at radius 2 is 2.25 bits per heavy atom. The smallest absolute Gasteiger partial charge is 0.144 e. The summed E-state index contributed by atoms with van der Waals surface area (Å²) in [5, 5.41) is 3.35. The normalized spacial score (nSPS) is 24.0. The van der Waals surface area contributed by atoms with Crippen molar-refractivity contribution >= 4 is 11.6 Å². The summed E-state index contributed by atoms with van der Waals surface area (Å²) in [4.78, 5) is 8.18. The number of rotatable bonds is 2. The van der Waals surface area contributed by atoms with Gasteiger partial charge in [0.1, 0.15) is 11.6 Å². The van der Waals surface area contributed by atoms with Gasteiger partial charge in [0.25, 0.3) is 0 Å². The maximum atomic E-state index is 5.66. The van der Waals surface area contributed by atoms with E-state index in [9.17, 15) is 0 Å². The van der Waals surface area contributed by atoms with Gasteiger partial charge in [-0.3, -0.25) is 0 Å². The van der Waals surface area contributed by atoms with E-state index in [2.05, 4.69) is 29.1 Å². The summed E-state index contributed by atoms with van der Waals surface area (Å²) < 4.78 is 5.66. The average Bonchev–Trinajstić information content (AvgIpc) is 2.20. The predicted molar refractivity (Wildman–Crippen MR) is 63.1 cm³/mol. The first-order chi connectivity index (χ1) is 7.55. The molecular weight excluding hydrogens is 204 g/mol. The highest BCUT2D eigenvalue weighted by Gasteiger charge is 2.28. The Morgan fingerprint density at radius 1 is 1.44 bits per heavy atom. The Hall–Kier alpha value is -1.36.